The first-order valence-corrected chi connectivity index (χ1v) is 42.8. The summed E-state index contributed by atoms with van der Waals surface area (Å²) < 4.78 is 68.6. The third kappa shape index (κ3) is 73.8. The summed E-state index contributed by atoms with van der Waals surface area (Å²) in [5, 5.41) is 10.6. The van der Waals surface area contributed by atoms with Gasteiger partial charge < -0.3 is 33.8 Å². The number of ether oxygens (including phenoxy) is 4. The van der Waals surface area contributed by atoms with E-state index < -0.39 is 97.5 Å². The average molecular weight is 1470 g/mol. The Morgan fingerprint density at radius 3 is 0.784 bits per heavy atom. The van der Waals surface area contributed by atoms with E-state index in [2.05, 4.69) is 149 Å². The minimum atomic E-state index is -4.99. The normalized spacial score (nSPS) is 14.5. The molecular formula is C83H142O17P2. The lowest BCUT2D eigenvalue weighted by Crippen LogP contribution is -2.30. The molecule has 0 rings (SSSR count). The number of phosphoric ester groups is 2. The largest absolute Gasteiger partial charge is 0.472 e. The number of hydrogen-bond donors (Lipinski definition) is 3. The Morgan fingerprint density at radius 1 is 0.284 bits per heavy atom. The Labute approximate surface area is 619 Å². The highest BCUT2D eigenvalue weighted by Crippen LogP contribution is 2.45. The van der Waals surface area contributed by atoms with Crippen LogP contribution in [-0.4, -0.2) is 96.7 Å². The first-order chi connectivity index (χ1) is 49.7. The highest BCUT2D eigenvalue weighted by molar-refractivity contribution is 7.47. The van der Waals surface area contributed by atoms with Crippen molar-refractivity contribution < 1.29 is 80.2 Å². The third-order valence-electron chi connectivity index (χ3n) is 16.4. The molecule has 586 valence electrons. The first kappa shape index (κ1) is 97.5. The lowest BCUT2D eigenvalue weighted by Gasteiger charge is -2.21. The van der Waals surface area contributed by atoms with Crippen molar-refractivity contribution >= 4 is 39.5 Å². The molecule has 0 aliphatic heterocycles. The maximum atomic E-state index is 13.1. The predicted octanol–water partition coefficient (Wildman–Crippen LogP) is 23.1. The zero-order valence-corrected chi connectivity index (χ0v) is 65.8. The fourth-order valence-electron chi connectivity index (χ4n) is 10.5. The van der Waals surface area contributed by atoms with Gasteiger partial charge in [0.15, 0.2) is 12.2 Å². The van der Waals surface area contributed by atoms with E-state index in [1.165, 1.54) is 51.4 Å². The zero-order chi connectivity index (χ0) is 74.6. The number of carbonyl (C=O) groups is 4. The molecule has 0 aliphatic carbocycles. The number of aliphatic hydroxyl groups is 1. The number of esters is 4. The molecule has 0 spiro atoms. The van der Waals surface area contributed by atoms with Gasteiger partial charge in [-0.15, -0.1) is 0 Å². The second-order valence-electron chi connectivity index (χ2n) is 26.2. The molecular weight excluding hydrogens is 1330 g/mol. The van der Waals surface area contributed by atoms with Crippen LogP contribution in [0.3, 0.4) is 0 Å². The average Bonchev–Trinajstić information content (AvgIpc) is 0.908. The van der Waals surface area contributed by atoms with Crippen LogP contribution in [0.2, 0.25) is 0 Å². The fraction of sp³-hybridized carbons (Fsp3) is 0.711. The van der Waals surface area contributed by atoms with Crippen molar-refractivity contribution in [3.8, 4) is 0 Å². The van der Waals surface area contributed by atoms with Crippen LogP contribution in [0.15, 0.2) is 122 Å². The van der Waals surface area contributed by atoms with Crippen LogP contribution in [-0.2, 0) is 65.4 Å². The van der Waals surface area contributed by atoms with E-state index in [0.717, 1.165) is 193 Å². The van der Waals surface area contributed by atoms with Gasteiger partial charge >= 0.3 is 39.5 Å². The summed E-state index contributed by atoms with van der Waals surface area (Å²) in [5.74, 6) is -2.22. The summed E-state index contributed by atoms with van der Waals surface area (Å²) >= 11 is 0. The van der Waals surface area contributed by atoms with Gasteiger partial charge in [-0.05, 0) is 128 Å². The van der Waals surface area contributed by atoms with E-state index in [1.54, 1.807) is 0 Å². The second kappa shape index (κ2) is 74.7. The Kier molecular flexibility index (Phi) is 71.4. The van der Waals surface area contributed by atoms with Crippen LogP contribution in [0.1, 0.15) is 323 Å². The maximum Gasteiger partial charge on any atom is 0.472 e. The van der Waals surface area contributed by atoms with Crippen molar-refractivity contribution in [3.63, 3.8) is 0 Å². The van der Waals surface area contributed by atoms with E-state index in [1.807, 2.05) is 0 Å². The monoisotopic (exact) mass is 1470 g/mol. The van der Waals surface area contributed by atoms with Gasteiger partial charge in [-0.2, -0.15) is 0 Å². The number of hydrogen-bond acceptors (Lipinski definition) is 15. The molecule has 0 aromatic rings. The lowest BCUT2D eigenvalue weighted by atomic mass is 10.0. The summed E-state index contributed by atoms with van der Waals surface area (Å²) in [6.45, 7) is 4.51. The number of unbranched alkanes of at least 4 members (excludes halogenated alkanes) is 28. The van der Waals surface area contributed by atoms with Crippen molar-refractivity contribution in [1.29, 1.82) is 0 Å². The van der Waals surface area contributed by atoms with Crippen LogP contribution < -0.4 is 0 Å². The third-order valence-corrected chi connectivity index (χ3v) is 18.3. The summed E-state index contributed by atoms with van der Waals surface area (Å²) in [7, 11) is -9.97. The minimum Gasteiger partial charge on any atom is -0.462 e. The van der Waals surface area contributed by atoms with Crippen molar-refractivity contribution in [2.45, 2.75) is 341 Å². The van der Waals surface area contributed by atoms with Gasteiger partial charge in [0.1, 0.15) is 19.3 Å². The molecule has 0 aromatic carbocycles. The molecule has 102 heavy (non-hydrogen) atoms. The summed E-state index contributed by atoms with van der Waals surface area (Å²) in [4.78, 5) is 73.0. The fourth-order valence-corrected chi connectivity index (χ4v) is 12.1. The van der Waals surface area contributed by atoms with Crippen LogP contribution in [0.25, 0.3) is 0 Å². The Hall–Kier alpha value is -4.54. The van der Waals surface area contributed by atoms with E-state index in [4.69, 9.17) is 37.0 Å². The lowest BCUT2D eigenvalue weighted by molar-refractivity contribution is -0.161. The Bertz CT molecular complexity index is 2410. The van der Waals surface area contributed by atoms with E-state index in [0.29, 0.717) is 25.7 Å². The van der Waals surface area contributed by atoms with Gasteiger partial charge in [-0.1, -0.05) is 290 Å². The van der Waals surface area contributed by atoms with Gasteiger partial charge in [0.25, 0.3) is 0 Å². The number of carbonyl (C=O) groups excluding carboxylic acids is 4. The van der Waals surface area contributed by atoms with Crippen molar-refractivity contribution in [1.82, 2.24) is 0 Å². The molecule has 3 N–H and O–H groups in total. The summed E-state index contributed by atoms with van der Waals surface area (Å²) in [5.41, 5.74) is 0. The van der Waals surface area contributed by atoms with Crippen LogP contribution in [0.5, 0.6) is 0 Å². The number of aliphatic hydroxyl groups excluding tert-OH is 1. The number of phosphoric acid groups is 2. The molecule has 5 unspecified atom stereocenters. The molecule has 0 bridgehead atoms. The highest BCUT2D eigenvalue weighted by atomic mass is 31.2. The Balaban J connectivity index is 5.37. The molecule has 0 amide bonds. The molecule has 0 aliphatic rings. The van der Waals surface area contributed by atoms with Crippen LogP contribution >= 0.6 is 15.6 Å². The van der Waals surface area contributed by atoms with Crippen LogP contribution in [0, 0.1) is 0 Å². The zero-order valence-electron chi connectivity index (χ0n) is 64.0. The van der Waals surface area contributed by atoms with Gasteiger partial charge in [0.2, 0.25) is 0 Å². The Morgan fingerprint density at radius 2 is 0.510 bits per heavy atom. The SMILES string of the molecule is CC/C=C\C/C=C\C/C=C\C/C=C\CCCCCCCCC(=O)OCC(COP(=O)(O)OCC(O)COP(=O)(O)OCC(COC(=O)CCCCCCC/C=C\C/C=C\C/C=C\CC)OC(=O)CCCCCCC/C=C\C/C=C\C/C=C\CC)OC(=O)CCCCCCCCCCCCCCC. The number of allylic oxidation sites excluding steroid dienone is 20. The van der Waals surface area contributed by atoms with E-state index >= 15 is 0 Å². The van der Waals surface area contributed by atoms with Crippen molar-refractivity contribution in [2.24, 2.45) is 0 Å². The van der Waals surface area contributed by atoms with Crippen LogP contribution in [0.4, 0.5) is 0 Å². The summed E-state index contributed by atoms with van der Waals surface area (Å²) in [6, 6.07) is 0. The standard InChI is InChI=1S/C83H142O17P2/c1-5-9-13-17-21-25-29-33-36-37-38-39-42-45-48-52-56-60-64-68-81(86)94-73-78(99-82(87)69-65-61-57-53-49-43-32-28-24-20-16-12-8-4)75-97-101(89,90)95-71-77(84)72-96-102(91,92)98-76-79(100-83(88)70-66-62-58-54-50-46-41-35-31-27-23-19-15-11-7-3)74-93-80(85)67-63-59-55-51-47-44-40-34-30-26-22-18-14-10-6-2/h9-11,13-15,21-23,25-27,33-36,38-41,77-79,84H,5-8,12,16-20,24,28-32,37,42-76H2,1-4H3,(H,89,90)(H,91,92)/b13-9-,14-10-,15-11-,25-21-,26-22-,27-23-,36-33-,39-38-,40-34-,41-35-. The molecule has 0 saturated heterocycles. The van der Waals surface area contributed by atoms with Crippen molar-refractivity contribution in [2.75, 3.05) is 39.6 Å². The molecule has 19 heteroatoms. The molecule has 0 fully saturated rings. The maximum absolute atomic E-state index is 13.1. The highest BCUT2D eigenvalue weighted by Gasteiger charge is 2.30. The van der Waals surface area contributed by atoms with Gasteiger partial charge in [-0.25, -0.2) is 9.13 Å². The number of rotatable bonds is 74. The van der Waals surface area contributed by atoms with Gasteiger partial charge in [0, 0.05) is 25.7 Å². The second-order valence-corrected chi connectivity index (χ2v) is 29.1. The molecule has 17 nitrogen and oxygen atoms in total. The van der Waals surface area contributed by atoms with E-state index in [-0.39, 0.29) is 25.7 Å². The quantitative estimate of drug-likeness (QED) is 0.0169. The molecule has 5 atom stereocenters. The first-order valence-electron chi connectivity index (χ1n) is 39.8. The molecule has 0 saturated carbocycles. The van der Waals surface area contributed by atoms with Gasteiger partial charge in [-0.3, -0.25) is 37.3 Å². The molecule has 0 radical (unpaired) electrons. The van der Waals surface area contributed by atoms with E-state index in [9.17, 15) is 43.2 Å². The predicted molar refractivity (Wildman–Crippen MR) is 418 cm³/mol. The smallest absolute Gasteiger partial charge is 0.462 e. The molecule has 0 heterocycles. The van der Waals surface area contributed by atoms with Crippen molar-refractivity contribution in [3.05, 3.63) is 122 Å². The van der Waals surface area contributed by atoms with Gasteiger partial charge in [0.05, 0.1) is 26.4 Å². The summed E-state index contributed by atoms with van der Waals surface area (Å²) in [6.07, 6.45) is 81.7. The molecule has 0 aromatic heterocycles. The topological polar surface area (TPSA) is 237 Å². The minimum absolute atomic E-state index is 0.0699.